The van der Waals surface area contributed by atoms with Crippen molar-refractivity contribution in [2.45, 2.75) is 26.0 Å². The number of ether oxygens (including phenoxy) is 1. The lowest BCUT2D eigenvalue weighted by Crippen LogP contribution is -2.51. The van der Waals surface area contributed by atoms with Crippen LogP contribution < -0.4 is 10.1 Å². The van der Waals surface area contributed by atoms with E-state index in [4.69, 9.17) is 4.74 Å². The number of carbonyl (C=O) groups is 2. The summed E-state index contributed by atoms with van der Waals surface area (Å²) in [7, 11) is 1.54. The van der Waals surface area contributed by atoms with Crippen LogP contribution in [0.4, 0.5) is 0 Å². The summed E-state index contributed by atoms with van der Waals surface area (Å²) in [6.07, 6.45) is -1.13. The lowest BCUT2D eigenvalue weighted by atomic mass is 9.68. The van der Waals surface area contributed by atoms with Gasteiger partial charge in [0.25, 0.3) is 5.91 Å². The first-order valence-electron chi connectivity index (χ1n) is 8.51. The summed E-state index contributed by atoms with van der Waals surface area (Å²) in [5, 5.41) is 22.8. The highest BCUT2D eigenvalue weighted by Crippen LogP contribution is 2.41. The van der Waals surface area contributed by atoms with Gasteiger partial charge in [-0.3, -0.25) is 9.59 Å². The number of fused-ring (bicyclic) bond motifs is 1. The van der Waals surface area contributed by atoms with Crippen LogP contribution in [0, 0.1) is 16.7 Å². The molecule has 2 N–H and O–H groups in total. The maximum Gasteiger partial charge on any atom is 0.251 e. The molecule has 0 unspecified atom stereocenters. The Kier molecular flexibility index (Phi) is 4.73. The number of aliphatic hydroxyl groups is 1. The van der Waals surface area contributed by atoms with E-state index in [2.05, 4.69) is 5.32 Å². The third-order valence-corrected chi connectivity index (χ3v) is 5.04. The zero-order chi connectivity index (χ0) is 19.8. The number of aliphatic hydroxyl groups excluding tert-OH is 1. The number of nitrogens with zero attached hydrogens (tertiary/aromatic N) is 1. The number of nitriles is 1. The number of ketones is 1. The summed E-state index contributed by atoms with van der Waals surface area (Å²) in [6, 6.07) is 12.5. The monoisotopic (exact) mass is 364 g/mol. The SMILES string of the molecule is COc1ccc(C(=O)N[C@H]2c3cc(C#N)ccc3C(=O)C(C)(C)[C@@H]2O)cc1. The van der Waals surface area contributed by atoms with E-state index in [-0.39, 0.29) is 11.7 Å². The number of carbonyl (C=O) groups excluding carboxylic acids is 2. The van der Waals surface area contributed by atoms with Gasteiger partial charge in [-0.25, -0.2) is 0 Å². The predicted molar refractivity (Wildman–Crippen MR) is 98.5 cm³/mol. The van der Waals surface area contributed by atoms with E-state index in [1.807, 2.05) is 6.07 Å². The zero-order valence-corrected chi connectivity index (χ0v) is 15.3. The summed E-state index contributed by atoms with van der Waals surface area (Å²) in [5.41, 5.74) is 0.545. The van der Waals surface area contributed by atoms with Crippen LogP contribution in [-0.2, 0) is 0 Å². The van der Waals surface area contributed by atoms with Gasteiger partial charge in [-0.15, -0.1) is 0 Å². The second-order valence-electron chi connectivity index (χ2n) is 7.09. The van der Waals surface area contributed by atoms with Crippen molar-refractivity contribution in [1.82, 2.24) is 5.32 Å². The molecule has 0 aliphatic heterocycles. The largest absolute Gasteiger partial charge is 0.497 e. The Hall–Kier alpha value is -3.17. The van der Waals surface area contributed by atoms with Gasteiger partial charge in [0.05, 0.1) is 36.3 Å². The molecule has 1 aliphatic rings. The number of nitrogens with one attached hydrogen (secondary N) is 1. The average molecular weight is 364 g/mol. The molecule has 0 spiro atoms. The normalized spacial score (nSPS) is 20.3. The van der Waals surface area contributed by atoms with Crippen molar-refractivity contribution in [3.8, 4) is 11.8 Å². The number of hydrogen-bond donors (Lipinski definition) is 2. The number of benzene rings is 2. The average Bonchev–Trinajstić information content (AvgIpc) is 2.69. The first-order valence-corrected chi connectivity index (χ1v) is 8.51. The van der Waals surface area contributed by atoms with Crippen molar-refractivity contribution in [1.29, 1.82) is 5.26 Å². The van der Waals surface area contributed by atoms with Crippen LogP contribution in [0.3, 0.4) is 0 Å². The Morgan fingerprint density at radius 3 is 2.48 bits per heavy atom. The van der Waals surface area contributed by atoms with Crippen LogP contribution >= 0.6 is 0 Å². The molecule has 6 heteroatoms. The molecule has 0 radical (unpaired) electrons. The molecule has 2 atom stereocenters. The minimum Gasteiger partial charge on any atom is -0.497 e. The van der Waals surface area contributed by atoms with Crippen molar-refractivity contribution in [3.63, 3.8) is 0 Å². The third kappa shape index (κ3) is 3.18. The molecule has 1 aliphatic carbocycles. The standard InChI is InChI=1S/C21H20N2O4/c1-21(2)18(24)15-9-4-12(11-22)10-16(15)17(19(21)25)23-20(26)13-5-7-14(27-3)8-6-13/h4-10,17,19,25H,1-3H3,(H,23,26)/t17-,19+/m0/s1. The van der Waals surface area contributed by atoms with Gasteiger partial charge in [0, 0.05) is 11.1 Å². The molecule has 0 saturated carbocycles. The molecule has 6 nitrogen and oxygen atoms in total. The van der Waals surface area contributed by atoms with Crippen molar-refractivity contribution in [2.24, 2.45) is 5.41 Å². The van der Waals surface area contributed by atoms with Crippen LogP contribution in [-0.4, -0.2) is 30.0 Å². The minimum absolute atomic E-state index is 0.218. The van der Waals surface area contributed by atoms with Gasteiger partial charge < -0.3 is 15.2 Å². The second kappa shape index (κ2) is 6.86. The van der Waals surface area contributed by atoms with Crippen molar-refractivity contribution < 1.29 is 19.4 Å². The molecule has 0 bridgehead atoms. The Balaban J connectivity index is 2.00. The molecule has 0 heterocycles. The summed E-state index contributed by atoms with van der Waals surface area (Å²) in [4.78, 5) is 25.5. The molecule has 3 rings (SSSR count). The lowest BCUT2D eigenvalue weighted by molar-refractivity contribution is 0.0129. The molecule has 0 aromatic heterocycles. The Labute approximate surface area is 157 Å². The van der Waals surface area contributed by atoms with Gasteiger partial charge in [-0.05, 0) is 61.9 Å². The number of amides is 1. The first kappa shape index (κ1) is 18.6. The van der Waals surface area contributed by atoms with Gasteiger partial charge in [-0.2, -0.15) is 5.26 Å². The van der Waals surface area contributed by atoms with Gasteiger partial charge in [-0.1, -0.05) is 0 Å². The number of rotatable bonds is 3. The van der Waals surface area contributed by atoms with Crippen LogP contribution in [0.25, 0.3) is 0 Å². The maximum absolute atomic E-state index is 12.8. The zero-order valence-electron chi connectivity index (χ0n) is 15.3. The van der Waals surface area contributed by atoms with Crippen LogP contribution in [0.1, 0.15) is 51.7 Å². The van der Waals surface area contributed by atoms with E-state index in [9.17, 15) is 20.0 Å². The van der Waals surface area contributed by atoms with E-state index in [1.54, 1.807) is 56.3 Å². The second-order valence-corrected chi connectivity index (χ2v) is 7.09. The van der Waals surface area contributed by atoms with E-state index in [0.29, 0.717) is 28.0 Å². The summed E-state index contributed by atoms with van der Waals surface area (Å²) in [6.45, 7) is 3.29. The van der Waals surface area contributed by atoms with Crippen LogP contribution in [0.5, 0.6) is 5.75 Å². The quantitative estimate of drug-likeness (QED) is 0.872. The lowest BCUT2D eigenvalue weighted by Gasteiger charge is -2.40. The van der Waals surface area contributed by atoms with Crippen molar-refractivity contribution >= 4 is 11.7 Å². The topological polar surface area (TPSA) is 99.4 Å². The highest BCUT2D eigenvalue weighted by Gasteiger charge is 2.47. The number of hydrogen-bond acceptors (Lipinski definition) is 5. The fourth-order valence-electron chi connectivity index (χ4n) is 3.29. The molecule has 2 aromatic carbocycles. The van der Waals surface area contributed by atoms with Crippen molar-refractivity contribution in [3.05, 3.63) is 64.7 Å². The Morgan fingerprint density at radius 1 is 1.22 bits per heavy atom. The Bertz CT molecular complexity index is 942. The molecular formula is C21H20N2O4. The van der Waals surface area contributed by atoms with E-state index >= 15 is 0 Å². The highest BCUT2D eigenvalue weighted by atomic mass is 16.5. The van der Waals surface area contributed by atoms with Gasteiger partial charge in [0.2, 0.25) is 0 Å². The molecule has 0 saturated heterocycles. The molecular weight excluding hydrogens is 344 g/mol. The number of methoxy groups -OCH3 is 1. The van der Waals surface area contributed by atoms with Gasteiger partial charge in [0.15, 0.2) is 5.78 Å². The molecule has 1 amide bonds. The smallest absolute Gasteiger partial charge is 0.251 e. The molecule has 27 heavy (non-hydrogen) atoms. The molecule has 0 fully saturated rings. The van der Waals surface area contributed by atoms with Crippen LogP contribution in [0.15, 0.2) is 42.5 Å². The molecule has 2 aromatic rings. The summed E-state index contributed by atoms with van der Waals surface area (Å²) >= 11 is 0. The van der Waals surface area contributed by atoms with Crippen molar-refractivity contribution in [2.75, 3.05) is 7.11 Å². The van der Waals surface area contributed by atoms with Crippen LogP contribution in [0.2, 0.25) is 0 Å². The van der Waals surface area contributed by atoms with Gasteiger partial charge >= 0.3 is 0 Å². The highest BCUT2D eigenvalue weighted by molar-refractivity contribution is 6.04. The summed E-state index contributed by atoms with van der Waals surface area (Å²) < 4.78 is 5.09. The third-order valence-electron chi connectivity index (χ3n) is 5.04. The molecule has 138 valence electrons. The first-order chi connectivity index (χ1) is 12.8. The van der Waals surface area contributed by atoms with E-state index < -0.39 is 17.6 Å². The summed E-state index contributed by atoms with van der Waals surface area (Å²) in [5.74, 6) is 0.0181. The fraction of sp³-hybridized carbons (Fsp3) is 0.286. The maximum atomic E-state index is 12.8. The predicted octanol–water partition coefficient (Wildman–Crippen LogP) is 2.62. The van der Waals surface area contributed by atoms with E-state index in [1.165, 1.54) is 7.11 Å². The van der Waals surface area contributed by atoms with E-state index in [0.717, 1.165) is 0 Å². The fourth-order valence-corrected chi connectivity index (χ4v) is 3.29. The minimum atomic E-state index is -1.13. The number of Topliss-reactive ketones (excluding diaryl/α,β-unsaturated/α-hetero) is 1. The van der Waals surface area contributed by atoms with Gasteiger partial charge in [0.1, 0.15) is 5.75 Å². The Morgan fingerprint density at radius 2 is 1.89 bits per heavy atom.